The van der Waals surface area contributed by atoms with Gasteiger partial charge in [-0.25, -0.2) is 4.98 Å². The van der Waals surface area contributed by atoms with Gasteiger partial charge in [0, 0.05) is 18.5 Å². The maximum Gasteiger partial charge on any atom is 0.251 e. The molecule has 5 nitrogen and oxygen atoms in total. The zero-order valence-corrected chi connectivity index (χ0v) is 18.0. The lowest BCUT2D eigenvalue weighted by Crippen LogP contribution is -2.26. The van der Waals surface area contributed by atoms with Gasteiger partial charge in [-0.1, -0.05) is 48.0 Å². The number of aryl methyl sites for hydroxylation is 2. The number of amides is 1. The molecule has 0 bridgehead atoms. The van der Waals surface area contributed by atoms with Gasteiger partial charge in [-0.3, -0.25) is 4.79 Å². The van der Waals surface area contributed by atoms with Gasteiger partial charge < -0.3 is 14.6 Å². The molecule has 4 aromatic rings. The molecule has 1 N–H and O–H groups in total. The van der Waals surface area contributed by atoms with Crippen molar-refractivity contribution in [2.75, 3.05) is 13.2 Å². The monoisotopic (exact) mass is 413 g/mol. The predicted molar refractivity (Wildman–Crippen MR) is 124 cm³/mol. The predicted octanol–water partition coefficient (Wildman–Crippen LogP) is 4.70. The molecule has 0 atom stereocenters. The fourth-order valence-electron chi connectivity index (χ4n) is 3.75. The number of nitrogens with one attached hydrogen (secondary N) is 1. The molecule has 3 aromatic carbocycles. The highest BCUT2D eigenvalue weighted by Gasteiger charge is 2.12. The number of fused-ring (bicyclic) bond motifs is 1. The average molecular weight is 414 g/mol. The van der Waals surface area contributed by atoms with Crippen LogP contribution >= 0.6 is 0 Å². The lowest BCUT2D eigenvalue weighted by atomic mass is 10.1. The van der Waals surface area contributed by atoms with Crippen molar-refractivity contribution in [1.29, 1.82) is 0 Å². The van der Waals surface area contributed by atoms with E-state index in [-0.39, 0.29) is 5.91 Å². The molecular formula is C26H27N3O2. The van der Waals surface area contributed by atoms with Crippen LogP contribution in [0, 0.1) is 13.8 Å². The smallest absolute Gasteiger partial charge is 0.251 e. The van der Waals surface area contributed by atoms with Crippen LogP contribution in [0.25, 0.3) is 11.0 Å². The highest BCUT2D eigenvalue weighted by atomic mass is 16.5. The van der Waals surface area contributed by atoms with Gasteiger partial charge in [0.05, 0.1) is 17.6 Å². The molecule has 158 valence electrons. The van der Waals surface area contributed by atoms with Crippen LogP contribution in [-0.4, -0.2) is 28.6 Å². The second-order valence-corrected chi connectivity index (χ2v) is 7.66. The number of para-hydroxylation sites is 2. The third kappa shape index (κ3) is 4.94. The van der Waals surface area contributed by atoms with Gasteiger partial charge in [0.25, 0.3) is 5.91 Å². The second-order valence-electron chi connectivity index (χ2n) is 7.66. The van der Waals surface area contributed by atoms with Crippen molar-refractivity contribution in [1.82, 2.24) is 14.9 Å². The van der Waals surface area contributed by atoms with E-state index >= 15 is 0 Å². The summed E-state index contributed by atoms with van der Waals surface area (Å²) in [7, 11) is 0. The highest BCUT2D eigenvalue weighted by molar-refractivity contribution is 5.94. The van der Waals surface area contributed by atoms with Crippen molar-refractivity contribution in [2.24, 2.45) is 0 Å². The number of benzene rings is 3. The molecule has 0 unspecified atom stereocenters. The Bertz CT molecular complexity index is 1180. The minimum atomic E-state index is -0.0681. The Morgan fingerprint density at radius 1 is 1.00 bits per heavy atom. The maximum absolute atomic E-state index is 12.3. The molecular weight excluding hydrogens is 386 g/mol. The van der Waals surface area contributed by atoms with E-state index in [9.17, 15) is 4.79 Å². The number of imidazole rings is 1. The first-order chi connectivity index (χ1) is 15.1. The molecule has 0 aliphatic heterocycles. The van der Waals surface area contributed by atoms with Crippen LogP contribution in [-0.2, 0) is 13.0 Å². The molecule has 0 saturated heterocycles. The third-order valence-electron chi connectivity index (χ3n) is 5.31. The number of hydrogen-bond acceptors (Lipinski definition) is 3. The number of hydrogen-bond donors (Lipinski definition) is 1. The number of nitrogens with zero attached hydrogens (tertiary/aromatic N) is 2. The van der Waals surface area contributed by atoms with Crippen molar-refractivity contribution in [3.8, 4) is 5.75 Å². The molecule has 4 rings (SSSR count). The Morgan fingerprint density at radius 3 is 2.58 bits per heavy atom. The first-order valence-electron chi connectivity index (χ1n) is 10.6. The van der Waals surface area contributed by atoms with Crippen molar-refractivity contribution in [3.05, 3.63) is 95.3 Å². The van der Waals surface area contributed by atoms with E-state index in [1.54, 1.807) is 0 Å². The summed E-state index contributed by atoms with van der Waals surface area (Å²) >= 11 is 0. The Balaban J connectivity index is 1.43. The van der Waals surface area contributed by atoms with Crippen LogP contribution in [0.4, 0.5) is 0 Å². The maximum atomic E-state index is 12.3. The summed E-state index contributed by atoms with van der Waals surface area (Å²) in [4.78, 5) is 17.1. The van der Waals surface area contributed by atoms with Crippen molar-refractivity contribution >= 4 is 16.9 Å². The average Bonchev–Trinajstić information content (AvgIpc) is 3.13. The highest BCUT2D eigenvalue weighted by Crippen LogP contribution is 2.20. The number of carbonyl (C=O) groups excluding carboxylic acids is 1. The number of aromatic nitrogens is 2. The fourth-order valence-corrected chi connectivity index (χ4v) is 3.75. The first-order valence-corrected chi connectivity index (χ1v) is 10.6. The molecule has 1 amide bonds. The molecule has 0 fully saturated rings. The molecule has 0 radical (unpaired) electrons. The van der Waals surface area contributed by atoms with Gasteiger partial charge in [-0.15, -0.1) is 0 Å². The van der Waals surface area contributed by atoms with Crippen LogP contribution < -0.4 is 10.1 Å². The molecule has 31 heavy (non-hydrogen) atoms. The summed E-state index contributed by atoms with van der Waals surface area (Å²) in [6.07, 6.45) is 0.650. The van der Waals surface area contributed by atoms with Gasteiger partial charge in [-0.05, 0) is 49.7 Å². The van der Waals surface area contributed by atoms with Crippen molar-refractivity contribution in [2.45, 2.75) is 26.8 Å². The van der Waals surface area contributed by atoms with Crippen molar-refractivity contribution < 1.29 is 9.53 Å². The SMILES string of the molecule is Cc1ccc(OCCn2c(CCNC(=O)c3ccccc3)nc3ccccc32)c(C)c1. The minimum Gasteiger partial charge on any atom is -0.491 e. The van der Waals surface area contributed by atoms with Crippen molar-refractivity contribution in [3.63, 3.8) is 0 Å². The van der Waals surface area contributed by atoms with Crippen LogP contribution in [0.3, 0.4) is 0 Å². The summed E-state index contributed by atoms with van der Waals surface area (Å²) < 4.78 is 8.24. The molecule has 0 aliphatic carbocycles. The standard InChI is InChI=1S/C26H27N3O2/c1-19-12-13-24(20(2)18-19)31-17-16-29-23-11-7-6-10-22(23)28-25(29)14-15-27-26(30)21-8-4-3-5-9-21/h3-13,18H,14-17H2,1-2H3,(H,27,30). The molecule has 0 spiro atoms. The van der Waals surface area contributed by atoms with Crippen LogP contribution in [0.1, 0.15) is 27.3 Å². The zero-order chi connectivity index (χ0) is 21.6. The van der Waals surface area contributed by atoms with Gasteiger partial charge in [0.15, 0.2) is 0 Å². The van der Waals surface area contributed by atoms with E-state index in [0.29, 0.717) is 31.7 Å². The Morgan fingerprint density at radius 2 is 1.77 bits per heavy atom. The third-order valence-corrected chi connectivity index (χ3v) is 5.31. The van der Waals surface area contributed by atoms with E-state index in [1.807, 2.05) is 54.6 Å². The van der Waals surface area contributed by atoms with E-state index in [1.165, 1.54) is 5.56 Å². The van der Waals surface area contributed by atoms with Gasteiger partial charge in [-0.2, -0.15) is 0 Å². The Hall–Kier alpha value is -3.60. The second kappa shape index (κ2) is 9.47. The molecule has 0 aliphatic rings. The molecule has 0 saturated carbocycles. The number of carbonyl (C=O) groups is 1. The van der Waals surface area contributed by atoms with E-state index < -0.39 is 0 Å². The number of ether oxygens (including phenoxy) is 1. The van der Waals surface area contributed by atoms with Crippen LogP contribution in [0.2, 0.25) is 0 Å². The molecule has 1 heterocycles. The molecule has 5 heteroatoms. The van der Waals surface area contributed by atoms with Gasteiger partial charge >= 0.3 is 0 Å². The van der Waals surface area contributed by atoms with E-state index in [0.717, 1.165) is 28.2 Å². The Kier molecular flexibility index (Phi) is 6.32. The lowest BCUT2D eigenvalue weighted by molar-refractivity contribution is 0.0954. The fraction of sp³-hybridized carbons (Fsp3) is 0.231. The number of rotatable bonds is 8. The normalized spacial score (nSPS) is 10.9. The van der Waals surface area contributed by atoms with Crippen LogP contribution in [0.15, 0.2) is 72.8 Å². The minimum absolute atomic E-state index is 0.0681. The lowest BCUT2D eigenvalue weighted by Gasteiger charge is -2.13. The van der Waals surface area contributed by atoms with Gasteiger partial charge in [0.1, 0.15) is 18.2 Å². The van der Waals surface area contributed by atoms with Crippen LogP contribution in [0.5, 0.6) is 5.75 Å². The first kappa shape index (κ1) is 20.7. The zero-order valence-electron chi connectivity index (χ0n) is 18.0. The van der Waals surface area contributed by atoms with E-state index in [4.69, 9.17) is 9.72 Å². The summed E-state index contributed by atoms with van der Waals surface area (Å²) in [5.74, 6) is 1.78. The summed E-state index contributed by atoms with van der Waals surface area (Å²) in [5.41, 5.74) is 5.07. The summed E-state index contributed by atoms with van der Waals surface area (Å²) in [6.45, 7) is 5.91. The quantitative estimate of drug-likeness (QED) is 0.455. The van der Waals surface area contributed by atoms with Gasteiger partial charge in [0.2, 0.25) is 0 Å². The topological polar surface area (TPSA) is 56.1 Å². The largest absolute Gasteiger partial charge is 0.491 e. The van der Waals surface area contributed by atoms with E-state index in [2.05, 4.69) is 41.9 Å². The Labute approximate surface area is 182 Å². The summed E-state index contributed by atoms with van der Waals surface area (Å²) in [6, 6.07) is 23.6. The summed E-state index contributed by atoms with van der Waals surface area (Å²) in [5, 5.41) is 2.99. The molecule has 1 aromatic heterocycles.